The molecule has 0 fully saturated rings. The fraction of sp³-hybridized carbons (Fsp3) is 0.0769. The minimum atomic E-state index is -0.202. The van der Waals surface area contributed by atoms with Crippen LogP contribution >= 0.6 is 11.3 Å². The first-order valence-corrected chi connectivity index (χ1v) is 6.28. The van der Waals surface area contributed by atoms with E-state index in [-0.39, 0.29) is 23.0 Å². The van der Waals surface area contributed by atoms with E-state index in [9.17, 15) is 9.59 Å². The zero-order valence-electron chi connectivity index (χ0n) is 9.33. The Morgan fingerprint density at radius 2 is 2.17 bits per heavy atom. The summed E-state index contributed by atoms with van der Waals surface area (Å²) < 4.78 is 6.83. The molecule has 18 heavy (non-hydrogen) atoms. The molecular weight excluding hydrogens is 250 g/mol. The fourth-order valence-corrected chi connectivity index (χ4v) is 2.34. The van der Waals surface area contributed by atoms with Gasteiger partial charge in [-0.15, -0.1) is 0 Å². The van der Waals surface area contributed by atoms with Crippen LogP contribution in [-0.4, -0.2) is 10.4 Å². The van der Waals surface area contributed by atoms with Gasteiger partial charge < -0.3 is 4.42 Å². The summed E-state index contributed by atoms with van der Waals surface area (Å²) in [7, 11) is 0. The van der Waals surface area contributed by atoms with E-state index in [4.69, 9.17) is 4.42 Å². The Bertz CT molecular complexity index is 732. The van der Waals surface area contributed by atoms with Crippen LogP contribution in [-0.2, 0) is 6.54 Å². The Labute approximate surface area is 106 Å². The minimum Gasteiger partial charge on any atom is -0.453 e. The van der Waals surface area contributed by atoms with Crippen LogP contribution in [0.5, 0.6) is 0 Å². The fourth-order valence-electron chi connectivity index (χ4n) is 1.76. The van der Waals surface area contributed by atoms with Crippen LogP contribution in [0, 0.1) is 0 Å². The summed E-state index contributed by atoms with van der Waals surface area (Å²) in [6.45, 7) is 0.0160. The van der Waals surface area contributed by atoms with Crippen molar-refractivity contribution in [1.29, 1.82) is 0 Å². The van der Waals surface area contributed by atoms with Gasteiger partial charge in [-0.1, -0.05) is 29.5 Å². The molecule has 0 amide bonds. The lowest BCUT2D eigenvalue weighted by Gasteiger charge is -1.97. The van der Waals surface area contributed by atoms with Crippen LogP contribution in [0.1, 0.15) is 10.6 Å². The number of ketones is 1. The summed E-state index contributed by atoms with van der Waals surface area (Å²) in [6, 6.07) is 9.13. The summed E-state index contributed by atoms with van der Waals surface area (Å²) in [4.78, 5) is 23.2. The number of Topliss-reactive ketones (excluding diaryl/α,β-unsaturated/α-hetero) is 1. The van der Waals surface area contributed by atoms with Crippen molar-refractivity contribution < 1.29 is 9.21 Å². The van der Waals surface area contributed by atoms with Gasteiger partial charge in [0.15, 0.2) is 5.76 Å². The van der Waals surface area contributed by atoms with Crippen LogP contribution < -0.4 is 4.87 Å². The Morgan fingerprint density at radius 1 is 1.33 bits per heavy atom. The number of aromatic nitrogens is 1. The maximum atomic E-state index is 12.0. The smallest absolute Gasteiger partial charge is 0.307 e. The second kappa shape index (κ2) is 4.27. The van der Waals surface area contributed by atoms with Crippen molar-refractivity contribution in [3.63, 3.8) is 0 Å². The van der Waals surface area contributed by atoms with Gasteiger partial charge in [-0.25, -0.2) is 0 Å². The molecule has 0 N–H and O–H groups in total. The average Bonchev–Trinajstić information content (AvgIpc) is 2.96. The predicted octanol–water partition coefficient (Wildman–Crippen LogP) is 2.54. The number of thiazole rings is 1. The first-order valence-electron chi connectivity index (χ1n) is 5.40. The second-order valence-electron chi connectivity index (χ2n) is 3.87. The highest BCUT2D eigenvalue weighted by atomic mass is 32.1. The van der Waals surface area contributed by atoms with Crippen LogP contribution in [0.25, 0.3) is 11.0 Å². The number of nitrogens with zero attached hydrogens (tertiary/aromatic N) is 1. The Morgan fingerprint density at radius 3 is 2.89 bits per heavy atom. The summed E-state index contributed by atoms with van der Waals surface area (Å²) in [5, 5.41) is 2.55. The molecule has 0 aliphatic rings. The van der Waals surface area contributed by atoms with Gasteiger partial charge in [0, 0.05) is 17.0 Å². The SMILES string of the molecule is O=C(Cn1ccsc1=O)c1cc2ccccc2o1. The molecule has 4 nitrogen and oxygen atoms in total. The Kier molecular flexibility index (Phi) is 2.60. The highest BCUT2D eigenvalue weighted by Gasteiger charge is 2.13. The molecule has 0 radical (unpaired) electrons. The summed E-state index contributed by atoms with van der Waals surface area (Å²) >= 11 is 1.07. The first-order chi connectivity index (χ1) is 8.74. The number of hydrogen-bond donors (Lipinski definition) is 0. The van der Waals surface area contributed by atoms with Crippen molar-refractivity contribution in [2.45, 2.75) is 6.54 Å². The molecule has 0 atom stereocenters. The number of hydrogen-bond acceptors (Lipinski definition) is 4. The molecule has 3 aromatic rings. The van der Waals surface area contributed by atoms with Crippen LogP contribution in [0.15, 0.2) is 51.1 Å². The zero-order valence-corrected chi connectivity index (χ0v) is 10.1. The summed E-state index contributed by atoms with van der Waals surface area (Å²) in [5.74, 6) is 0.0843. The highest BCUT2D eigenvalue weighted by Crippen LogP contribution is 2.19. The van der Waals surface area contributed by atoms with E-state index < -0.39 is 0 Å². The number of furan rings is 1. The summed E-state index contributed by atoms with van der Waals surface area (Å²) in [6.07, 6.45) is 1.60. The largest absolute Gasteiger partial charge is 0.453 e. The van der Waals surface area contributed by atoms with Gasteiger partial charge in [-0.05, 0) is 12.1 Å². The third kappa shape index (κ3) is 1.89. The number of carbonyl (C=O) groups is 1. The lowest BCUT2D eigenvalue weighted by molar-refractivity contribution is 0.0946. The molecule has 0 aliphatic carbocycles. The normalized spacial score (nSPS) is 10.9. The van der Waals surface area contributed by atoms with E-state index >= 15 is 0 Å². The van der Waals surface area contributed by atoms with E-state index in [1.54, 1.807) is 17.6 Å². The van der Waals surface area contributed by atoms with Gasteiger partial charge in [0.2, 0.25) is 5.78 Å². The lowest BCUT2D eigenvalue weighted by Crippen LogP contribution is -2.18. The molecule has 0 saturated carbocycles. The quantitative estimate of drug-likeness (QED) is 0.679. The second-order valence-corrected chi connectivity index (χ2v) is 4.73. The maximum Gasteiger partial charge on any atom is 0.307 e. The van der Waals surface area contributed by atoms with Crippen LogP contribution in [0.3, 0.4) is 0 Å². The van der Waals surface area contributed by atoms with Crippen molar-refractivity contribution in [3.05, 3.63) is 57.3 Å². The van der Waals surface area contributed by atoms with Crippen molar-refractivity contribution in [3.8, 4) is 0 Å². The van der Waals surface area contributed by atoms with Gasteiger partial charge >= 0.3 is 4.87 Å². The van der Waals surface area contributed by atoms with Gasteiger partial charge in [-0.2, -0.15) is 0 Å². The number of rotatable bonds is 3. The van der Waals surface area contributed by atoms with E-state index in [0.29, 0.717) is 5.58 Å². The molecule has 0 bridgehead atoms. The monoisotopic (exact) mass is 259 g/mol. The Balaban J connectivity index is 1.92. The molecule has 90 valence electrons. The van der Waals surface area contributed by atoms with Crippen molar-refractivity contribution in [1.82, 2.24) is 4.57 Å². The maximum absolute atomic E-state index is 12.0. The number of carbonyl (C=O) groups excluding carboxylic acids is 1. The molecule has 0 spiro atoms. The summed E-state index contributed by atoms with van der Waals surface area (Å²) in [5.41, 5.74) is 0.679. The number of fused-ring (bicyclic) bond motifs is 1. The van der Waals surface area contributed by atoms with E-state index in [0.717, 1.165) is 16.7 Å². The number of benzene rings is 1. The lowest BCUT2D eigenvalue weighted by atomic mass is 10.2. The van der Waals surface area contributed by atoms with Crippen LogP contribution in [0.2, 0.25) is 0 Å². The van der Waals surface area contributed by atoms with E-state index in [1.165, 1.54) is 4.57 Å². The predicted molar refractivity (Wildman–Crippen MR) is 69.1 cm³/mol. The standard InChI is InChI=1S/C13H9NO3S/c15-10(8-14-5-6-18-13(14)16)12-7-9-3-1-2-4-11(9)17-12/h1-7H,8H2. The Hall–Kier alpha value is -2.14. The molecule has 2 heterocycles. The molecule has 5 heteroatoms. The zero-order chi connectivity index (χ0) is 12.5. The van der Waals surface area contributed by atoms with Gasteiger partial charge in [0.05, 0.1) is 6.54 Å². The van der Waals surface area contributed by atoms with Crippen molar-refractivity contribution in [2.24, 2.45) is 0 Å². The molecular formula is C13H9NO3S. The third-order valence-electron chi connectivity index (χ3n) is 2.66. The van der Waals surface area contributed by atoms with Gasteiger partial charge in [0.25, 0.3) is 0 Å². The molecule has 3 rings (SSSR count). The molecule has 0 saturated heterocycles. The molecule has 2 aromatic heterocycles. The average molecular weight is 259 g/mol. The third-order valence-corrected chi connectivity index (χ3v) is 3.35. The van der Waals surface area contributed by atoms with Gasteiger partial charge in [-0.3, -0.25) is 14.2 Å². The minimum absolute atomic E-state index is 0.0160. The highest BCUT2D eigenvalue weighted by molar-refractivity contribution is 7.07. The van der Waals surface area contributed by atoms with Gasteiger partial charge in [0.1, 0.15) is 5.58 Å². The van der Waals surface area contributed by atoms with E-state index in [1.807, 2.05) is 24.3 Å². The molecule has 1 aromatic carbocycles. The van der Waals surface area contributed by atoms with Crippen LogP contribution in [0.4, 0.5) is 0 Å². The molecule has 0 unspecified atom stereocenters. The van der Waals surface area contributed by atoms with E-state index in [2.05, 4.69) is 0 Å². The number of para-hydroxylation sites is 1. The van der Waals surface area contributed by atoms with Crippen molar-refractivity contribution >= 4 is 28.1 Å². The molecule has 0 aliphatic heterocycles. The topological polar surface area (TPSA) is 52.2 Å². The first kappa shape index (κ1) is 11.0. The van der Waals surface area contributed by atoms with Crippen molar-refractivity contribution in [2.75, 3.05) is 0 Å².